The standard InChI is InChI=1S/C13H9.C5H5.C3H6.Hf/c1-3-7-12-10(5-1)9-11-6-2-4-8-13(11)12;1-2-4-5-3-1;1-3-2;/h1-9H;1-3H,4H2;1H,3H2,2H3;/q2*-1;;+2. The molecule has 1 aliphatic rings. The van der Waals surface area contributed by atoms with E-state index in [2.05, 4.69) is 77.4 Å². The summed E-state index contributed by atoms with van der Waals surface area (Å²) < 4.78 is 2.26. The topological polar surface area (TPSA) is 0 Å². The van der Waals surface area contributed by atoms with Crippen LogP contribution in [-0.2, 0) is 23.9 Å². The van der Waals surface area contributed by atoms with E-state index in [0.717, 1.165) is 6.42 Å². The van der Waals surface area contributed by atoms with Crippen molar-refractivity contribution in [3.63, 3.8) is 0 Å². The molecule has 0 nitrogen and oxygen atoms in total. The van der Waals surface area contributed by atoms with E-state index >= 15 is 0 Å². The molecule has 1 heteroatoms. The van der Waals surface area contributed by atoms with E-state index in [9.17, 15) is 0 Å². The van der Waals surface area contributed by atoms with Crippen LogP contribution in [0.3, 0.4) is 0 Å². The average Bonchev–Trinajstić information content (AvgIpc) is 3.26. The molecule has 108 valence electrons. The summed E-state index contributed by atoms with van der Waals surface area (Å²) in [7, 11) is 0. The summed E-state index contributed by atoms with van der Waals surface area (Å²) in [5.41, 5.74) is 0. The van der Waals surface area contributed by atoms with Gasteiger partial charge in [-0.2, -0.15) is 6.08 Å². The van der Waals surface area contributed by atoms with E-state index in [4.69, 9.17) is 0 Å². The molecule has 0 saturated heterocycles. The maximum absolute atomic E-state index is 2.99. The summed E-state index contributed by atoms with van der Waals surface area (Å²) in [5.74, 6) is 0. The van der Waals surface area contributed by atoms with Gasteiger partial charge in [0.25, 0.3) is 0 Å². The molecule has 0 aromatic heterocycles. The van der Waals surface area contributed by atoms with Crippen molar-refractivity contribution in [3.05, 3.63) is 78.9 Å². The molecule has 0 aliphatic heterocycles. The van der Waals surface area contributed by atoms with Gasteiger partial charge in [-0.1, -0.05) is 36.4 Å². The number of hydrogen-bond acceptors (Lipinski definition) is 0. The normalized spacial score (nSPS) is 11.8. The Morgan fingerprint density at radius 2 is 1.59 bits per heavy atom. The fraction of sp³-hybridized carbons (Fsp3) is 0.143. The van der Waals surface area contributed by atoms with Gasteiger partial charge in [0, 0.05) is 0 Å². The molecule has 0 unspecified atom stereocenters. The minimum Gasteiger partial charge on any atom is -0.273 e. The fourth-order valence-corrected chi connectivity index (χ4v) is 2.24. The van der Waals surface area contributed by atoms with Gasteiger partial charge in [0.1, 0.15) is 0 Å². The van der Waals surface area contributed by atoms with E-state index in [1.165, 1.54) is 51.9 Å². The molecular formula is C21H20Hf. The zero-order chi connectivity index (χ0) is 15.6. The van der Waals surface area contributed by atoms with Gasteiger partial charge in [0.2, 0.25) is 0 Å². The first-order valence-corrected chi connectivity index (χ1v) is 9.68. The third kappa shape index (κ3) is 4.78. The van der Waals surface area contributed by atoms with Crippen LogP contribution >= 0.6 is 0 Å². The van der Waals surface area contributed by atoms with E-state index < -0.39 is 0 Å². The van der Waals surface area contributed by atoms with Gasteiger partial charge in [-0.05, 0) is 0 Å². The average molecular weight is 451 g/mol. The Hall–Kier alpha value is -1.47. The number of allylic oxidation sites excluding steroid dienone is 4. The number of rotatable bonds is 1. The van der Waals surface area contributed by atoms with Gasteiger partial charge < -0.3 is 0 Å². The third-order valence-corrected chi connectivity index (χ3v) is 4.78. The smallest absolute Gasteiger partial charge is 0.0771 e. The van der Waals surface area contributed by atoms with Crippen LogP contribution in [0.5, 0.6) is 0 Å². The van der Waals surface area contributed by atoms with Gasteiger partial charge in [-0.25, -0.2) is 12.2 Å². The number of benzene rings is 2. The van der Waals surface area contributed by atoms with Crippen molar-refractivity contribution in [2.45, 2.75) is 19.8 Å². The van der Waals surface area contributed by atoms with Crippen molar-refractivity contribution < 1.29 is 23.9 Å². The first kappa shape index (κ1) is 16.9. The van der Waals surface area contributed by atoms with Crippen LogP contribution in [-0.4, -0.2) is 3.76 Å². The number of hydrogen-bond donors (Lipinski definition) is 0. The van der Waals surface area contributed by atoms with Crippen LogP contribution in [0.1, 0.15) is 19.8 Å². The number of fused-ring (bicyclic) bond motifs is 3. The van der Waals surface area contributed by atoms with E-state index in [1.54, 1.807) is 0 Å². The zero-order valence-electron chi connectivity index (χ0n) is 12.9. The Morgan fingerprint density at radius 3 is 1.95 bits per heavy atom. The second kappa shape index (κ2) is 9.53. The summed E-state index contributed by atoms with van der Waals surface area (Å²) in [6, 6.07) is 19.3. The van der Waals surface area contributed by atoms with Crippen molar-refractivity contribution in [1.82, 2.24) is 0 Å². The molecule has 0 fully saturated rings. The first-order valence-electron chi connectivity index (χ1n) is 7.60. The molecule has 3 aromatic rings. The van der Waals surface area contributed by atoms with Crippen LogP contribution in [0.15, 0.2) is 72.8 Å². The second-order valence-electron chi connectivity index (χ2n) is 4.93. The van der Waals surface area contributed by atoms with Crippen molar-refractivity contribution in [2.75, 3.05) is 0 Å². The first-order chi connectivity index (χ1) is 10.9. The van der Waals surface area contributed by atoms with Gasteiger partial charge in [-0.3, -0.25) is 6.08 Å². The Bertz CT molecular complexity index is 714. The largest absolute Gasteiger partial charge is 0.273 e. The Morgan fingerprint density at radius 1 is 1.05 bits per heavy atom. The summed E-state index contributed by atoms with van der Waals surface area (Å²) >= 11 is 1.26. The molecule has 4 rings (SSSR count). The molecule has 3 aromatic carbocycles. The van der Waals surface area contributed by atoms with Gasteiger partial charge >= 0.3 is 41.0 Å². The molecule has 22 heavy (non-hydrogen) atoms. The predicted molar refractivity (Wildman–Crippen MR) is 95.0 cm³/mol. The summed E-state index contributed by atoms with van der Waals surface area (Å²) in [6.45, 7) is 2.16. The van der Waals surface area contributed by atoms with Gasteiger partial charge in [0.15, 0.2) is 0 Å². The molecule has 0 heterocycles. The molecule has 0 bridgehead atoms. The van der Waals surface area contributed by atoms with Crippen molar-refractivity contribution in [2.24, 2.45) is 0 Å². The van der Waals surface area contributed by atoms with Gasteiger partial charge in [-0.15, -0.1) is 46.2 Å². The van der Waals surface area contributed by atoms with Crippen LogP contribution < -0.4 is 0 Å². The third-order valence-electron chi connectivity index (χ3n) is 3.31. The molecule has 0 atom stereocenters. The summed E-state index contributed by atoms with van der Waals surface area (Å²) in [6.07, 6.45) is 11.3. The van der Waals surface area contributed by atoms with Crippen LogP contribution in [0.2, 0.25) is 0 Å². The van der Waals surface area contributed by atoms with Crippen molar-refractivity contribution in [3.8, 4) is 0 Å². The molecule has 1 aliphatic carbocycles. The van der Waals surface area contributed by atoms with Crippen LogP contribution in [0.4, 0.5) is 0 Å². The maximum atomic E-state index is 2.99. The minimum atomic E-state index is 1.01. The Balaban J connectivity index is 0.000000163. The van der Waals surface area contributed by atoms with E-state index in [1.807, 2.05) is 12.2 Å². The molecule has 0 radical (unpaired) electrons. The van der Waals surface area contributed by atoms with Crippen LogP contribution in [0.25, 0.3) is 21.5 Å². The molecular weight excluding hydrogens is 431 g/mol. The Kier molecular flexibility index (Phi) is 7.32. The summed E-state index contributed by atoms with van der Waals surface area (Å²) in [5, 5.41) is 5.39. The van der Waals surface area contributed by atoms with Gasteiger partial charge in [0.05, 0.1) is 0 Å². The quantitative estimate of drug-likeness (QED) is 0.326. The van der Waals surface area contributed by atoms with Crippen LogP contribution in [0, 0.1) is 6.08 Å². The molecule has 0 saturated carbocycles. The molecule has 0 spiro atoms. The fourth-order valence-electron chi connectivity index (χ4n) is 2.24. The maximum Gasteiger partial charge on any atom is -0.0771 e. The minimum absolute atomic E-state index is 1.01. The van der Waals surface area contributed by atoms with E-state index in [-0.39, 0.29) is 0 Å². The summed E-state index contributed by atoms with van der Waals surface area (Å²) in [4.78, 5) is 0. The Labute approximate surface area is 147 Å². The van der Waals surface area contributed by atoms with Crippen molar-refractivity contribution >= 4 is 25.3 Å². The zero-order valence-corrected chi connectivity index (χ0v) is 16.5. The second-order valence-corrected chi connectivity index (χ2v) is 6.40. The van der Waals surface area contributed by atoms with Crippen molar-refractivity contribution in [1.29, 1.82) is 0 Å². The monoisotopic (exact) mass is 452 g/mol. The predicted octanol–water partition coefficient (Wildman–Crippen LogP) is 5.76. The van der Waals surface area contributed by atoms with E-state index in [0.29, 0.717) is 0 Å². The molecule has 0 amide bonds. The SMILES string of the molecule is CC[CH]=[Hf+2].[C-]1=CC=CC1.c1ccc2c(c1)[cH-]c1ccccc12. The molecule has 0 N–H and O–H groups in total.